The molecule has 5 heteroatoms. The first-order valence-corrected chi connectivity index (χ1v) is 9.18. The number of aromatic nitrogens is 2. The van der Waals surface area contributed by atoms with Crippen LogP contribution in [0.1, 0.15) is 50.0 Å². The van der Waals surface area contributed by atoms with Gasteiger partial charge in [-0.25, -0.2) is 4.98 Å². The number of carbonyl (C=O) groups excluding carboxylic acids is 1. The molecule has 24 heavy (non-hydrogen) atoms. The van der Waals surface area contributed by atoms with E-state index in [-0.39, 0.29) is 12.0 Å². The predicted octanol–water partition coefficient (Wildman–Crippen LogP) is 2.79. The highest BCUT2D eigenvalue weighted by Gasteiger charge is 2.31. The van der Waals surface area contributed by atoms with E-state index < -0.39 is 0 Å². The summed E-state index contributed by atoms with van der Waals surface area (Å²) in [6.07, 6.45) is 10.0. The Morgan fingerprint density at radius 3 is 2.88 bits per heavy atom. The monoisotopic (exact) mass is 326 g/mol. The van der Waals surface area contributed by atoms with Gasteiger partial charge in [0.2, 0.25) is 5.91 Å². The minimum Gasteiger partial charge on any atom is -0.346 e. The van der Waals surface area contributed by atoms with Crippen LogP contribution in [0.5, 0.6) is 0 Å². The summed E-state index contributed by atoms with van der Waals surface area (Å²) in [6, 6.07) is 4.34. The minimum absolute atomic E-state index is 0.155. The van der Waals surface area contributed by atoms with Crippen LogP contribution >= 0.6 is 0 Å². The van der Waals surface area contributed by atoms with E-state index in [2.05, 4.69) is 27.1 Å². The largest absolute Gasteiger partial charge is 0.346 e. The number of nitrogens with zero attached hydrogens (tertiary/aromatic N) is 2. The van der Waals surface area contributed by atoms with E-state index in [1.54, 1.807) is 0 Å². The Morgan fingerprint density at radius 1 is 1.25 bits per heavy atom. The maximum atomic E-state index is 12.8. The molecule has 2 atom stereocenters. The van der Waals surface area contributed by atoms with Gasteiger partial charge in [-0.15, -0.1) is 0 Å². The summed E-state index contributed by atoms with van der Waals surface area (Å²) in [6.45, 7) is 1.73. The zero-order valence-electron chi connectivity index (χ0n) is 14.1. The van der Waals surface area contributed by atoms with Crippen molar-refractivity contribution in [2.45, 2.75) is 50.5 Å². The number of carbonyl (C=O) groups is 1. The van der Waals surface area contributed by atoms with Gasteiger partial charge in [0.1, 0.15) is 5.65 Å². The Balaban J connectivity index is 1.40. The van der Waals surface area contributed by atoms with Crippen molar-refractivity contribution in [1.82, 2.24) is 14.9 Å². The number of amides is 1. The van der Waals surface area contributed by atoms with Crippen molar-refractivity contribution in [2.75, 3.05) is 13.1 Å². The van der Waals surface area contributed by atoms with Gasteiger partial charge >= 0.3 is 0 Å². The van der Waals surface area contributed by atoms with Crippen LogP contribution in [0.3, 0.4) is 0 Å². The number of H-pyrrole nitrogens is 1. The van der Waals surface area contributed by atoms with Crippen LogP contribution in [0, 0.1) is 5.92 Å². The van der Waals surface area contributed by atoms with Gasteiger partial charge in [-0.3, -0.25) is 4.79 Å². The van der Waals surface area contributed by atoms with E-state index in [1.807, 2.05) is 12.3 Å². The number of fused-ring (bicyclic) bond motifs is 1. The maximum absolute atomic E-state index is 12.8. The highest BCUT2D eigenvalue weighted by Crippen LogP contribution is 2.34. The van der Waals surface area contributed by atoms with Crippen molar-refractivity contribution in [3.63, 3.8) is 0 Å². The van der Waals surface area contributed by atoms with Crippen molar-refractivity contribution < 1.29 is 4.79 Å². The normalized spacial score (nSPS) is 26.0. The second kappa shape index (κ2) is 6.55. The van der Waals surface area contributed by atoms with Gasteiger partial charge < -0.3 is 15.6 Å². The van der Waals surface area contributed by atoms with Crippen LogP contribution in [-0.2, 0) is 4.79 Å². The third-order valence-corrected chi connectivity index (χ3v) is 5.79. The van der Waals surface area contributed by atoms with Crippen molar-refractivity contribution in [1.29, 1.82) is 0 Å². The lowest BCUT2D eigenvalue weighted by molar-refractivity contribution is -0.137. The van der Waals surface area contributed by atoms with E-state index in [9.17, 15) is 4.79 Å². The molecule has 3 N–H and O–H groups in total. The summed E-state index contributed by atoms with van der Waals surface area (Å²) in [7, 11) is 0. The third-order valence-electron chi connectivity index (χ3n) is 5.79. The summed E-state index contributed by atoms with van der Waals surface area (Å²) < 4.78 is 0. The lowest BCUT2D eigenvalue weighted by Crippen LogP contribution is -2.44. The van der Waals surface area contributed by atoms with E-state index in [0.717, 1.165) is 57.3 Å². The molecule has 1 amide bonds. The minimum atomic E-state index is 0.155. The van der Waals surface area contributed by atoms with Crippen molar-refractivity contribution in [3.05, 3.63) is 30.1 Å². The summed E-state index contributed by atoms with van der Waals surface area (Å²) in [5.74, 6) is 1.01. The van der Waals surface area contributed by atoms with Gasteiger partial charge in [0.15, 0.2) is 0 Å². The highest BCUT2D eigenvalue weighted by atomic mass is 16.2. The fourth-order valence-corrected chi connectivity index (χ4v) is 4.44. The number of likely N-dealkylation sites (tertiary alicyclic amines) is 1. The van der Waals surface area contributed by atoms with Crippen LogP contribution in [0.4, 0.5) is 0 Å². The zero-order valence-corrected chi connectivity index (χ0v) is 14.1. The first-order chi connectivity index (χ1) is 11.7. The number of aromatic amines is 1. The smallest absolute Gasteiger partial charge is 0.225 e. The molecule has 2 fully saturated rings. The van der Waals surface area contributed by atoms with Crippen molar-refractivity contribution in [2.24, 2.45) is 11.7 Å². The maximum Gasteiger partial charge on any atom is 0.225 e. The van der Waals surface area contributed by atoms with Gasteiger partial charge in [0.25, 0.3) is 0 Å². The fourth-order valence-electron chi connectivity index (χ4n) is 4.44. The average molecular weight is 326 g/mol. The number of nitrogens with two attached hydrogens (primary N) is 1. The van der Waals surface area contributed by atoms with Crippen LogP contribution < -0.4 is 5.73 Å². The molecule has 1 aliphatic heterocycles. The summed E-state index contributed by atoms with van der Waals surface area (Å²) >= 11 is 0. The molecule has 0 radical (unpaired) electrons. The summed E-state index contributed by atoms with van der Waals surface area (Å²) in [5.41, 5.74) is 8.36. The number of piperidine rings is 1. The van der Waals surface area contributed by atoms with E-state index in [4.69, 9.17) is 5.73 Å². The molecule has 0 aromatic carbocycles. The summed E-state index contributed by atoms with van der Waals surface area (Å²) in [5, 5.41) is 1.22. The SMILES string of the molecule is N[C@@H]1CCC[C@@H](C(=O)N2CCC(c3c[nH]c4ncccc34)CC2)C1. The van der Waals surface area contributed by atoms with Crippen LogP contribution in [0.15, 0.2) is 24.5 Å². The van der Waals surface area contributed by atoms with Crippen LogP contribution in [0.2, 0.25) is 0 Å². The number of hydrogen-bond donors (Lipinski definition) is 2. The van der Waals surface area contributed by atoms with Crippen molar-refractivity contribution in [3.8, 4) is 0 Å². The van der Waals surface area contributed by atoms with Gasteiger partial charge in [-0.1, -0.05) is 6.42 Å². The standard InChI is InChI=1S/C19H26N4O/c20-15-4-1-3-14(11-15)19(24)23-9-6-13(7-10-23)17-12-22-18-16(17)5-2-8-21-18/h2,5,8,12-15H,1,3-4,6-7,9-11,20H2,(H,21,22)/t14-,15-/m1/s1. The van der Waals surface area contributed by atoms with Gasteiger partial charge in [0.05, 0.1) is 0 Å². The molecular formula is C19H26N4O. The Morgan fingerprint density at radius 2 is 2.08 bits per heavy atom. The van der Waals surface area contributed by atoms with Crippen LogP contribution in [-0.4, -0.2) is 39.9 Å². The number of pyridine rings is 1. The molecule has 0 bridgehead atoms. The molecule has 0 spiro atoms. The number of hydrogen-bond acceptors (Lipinski definition) is 3. The fraction of sp³-hybridized carbons (Fsp3) is 0.579. The van der Waals surface area contributed by atoms with Crippen molar-refractivity contribution >= 4 is 16.9 Å². The second-order valence-electron chi connectivity index (χ2n) is 7.37. The molecule has 5 nitrogen and oxygen atoms in total. The molecule has 1 saturated heterocycles. The Bertz CT molecular complexity index is 717. The molecule has 1 aliphatic carbocycles. The zero-order chi connectivity index (χ0) is 16.5. The summed E-state index contributed by atoms with van der Waals surface area (Å²) in [4.78, 5) is 22.5. The average Bonchev–Trinajstić information content (AvgIpc) is 3.05. The first kappa shape index (κ1) is 15.6. The quantitative estimate of drug-likeness (QED) is 0.891. The molecule has 2 aromatic rings. The predicted molar refractivity (Wildman–Crippen MR) is 94.6 cm³/mol. The van der Waals surface area contributed by atoms with E-state index in [1.165, 1.54) is 10.9 Å². The van der Waals surface area contributed by atoms with Gasteiger partial charge in [-0.2, -0.15) is 0 Å². The molecule has 1 saturated carbocycles. The lowest BCUT2D eigenvalue weighted by Gasteiger charge is -2.36. The Kier molecular flexibility index (Phi) is 4.27. The molecule has 128 valence electrons. The van der Waals surface area contributed by atoms with E-state index >= 15 is 0 Å². The second-order valence-corrected chi connectivity index (χ2v) is 7.37. The molecular weight excluding hydrogens is 300 g/mol. The van der Waals surface area contributed by atoms with Gasteiger partial charge in [0, 0.05) is 42.8 Å². The van der Waals surface area contributed by atoms with Crippen LogP contribution in [0.25, 0.3) is 11.0 Å². The topological polar surface area (TPSA) is 75.0 Å². The third kappa shape index (κ3) is 2.93. The molecule has 2 aromatic heterocycles. The molecule has 4 rings (SSSR count). The van der Waals surface area contributed by atoms with E-state index in [0.29, 0.717) is 11.8 Å². The molecule has 0 unspecified atom stereocenters. The number of nitrogens with one attached hydrogen (secondary N) is 1. The Hall–Kier alpha value is -1.88. The van der Waals surface area contributed by atoms with Gasteiger partial charge in [-0.05, 0) is 55.7 Å². The molecule has 2 aliphatic rings. The first-order valence-electron chi connectivity index (χ1n) is 9.18. The highest BCUT2D eigenvalue weighted by molar-refractivity contribution is 5.81. The molecule has 3 heterocycles. The Labute approximate surface area is 142 Å². The lowest BCUT2D eigenvalue weighted by atomic mass is 9.84. The number of rotatable bonds is 2.